The summed E-state index contributed by atoms with van der Waals surface area (Å²) < 4.78 is 0. The summed E-state index contributed by atoms with van der Waals surface area (Å²) >= 11 is 0. The van der Waals surface area contributed by atoms with E-state index < -0.39 is 0 Å². The maximum atomic E-state index is 9.52. The van der Waals surface area contributed by atoms with Crippen molar-refractivity contribution in [3.05, 3.63) is 29.8 Å². The third-order valence-corrected chi connectivity index (χ3v) is 3.33. The maximum absolute atomic E-state index is 9.52. The van der Waals surface area contributed by atoms with Gasteiger partial charge in [0.25, 0.3) is 0 Å². The zero-order valence-corrected chi connectivity index (χ0v) is 12.2. The van der Waals surface area contributed by atoms with Gasteiger partial charge < -0.3 is 10.0 Å². The summed E-state index contributed by atoms with van der Waals surface area (Å²) in [4.78, 5) is 2.43. The van der Waals surface area contributed by atoms with E-state index in [-0.39, 0.29) is 6.10 Å². The van der Waals surface area contributed by atoms with Gasteiger partial charge in [-0.25, -0.2) is 0 Å². The third kappa shape index (κ3) is 4.34. The number of benzene rings is 1. The fourth-order valence-electron chi connectivity index (χ4n) is 2.16. The van der Waals surface area contributed by atoms with Crippen LogP contribution in [0.4, 0.5) is 5.69 Å². The van der Waals surface area contributed by atoms with Gasteiger partial charge in [0.1, 0.15) is 0 Å². The van der Waals surface area contributed by atoms with Crippen LogP contribution in [0.25, 0.3) is 0 Å². The molecule has 0 saturated carbocycles. The fourth-order valence-corrected chi connectivity index (χ4v) is 2.16. The first kappa shape index (κ1) is 15.0. The molecule has 0 aromatic heterocycles. The lowest BCUT2D eigenvalue weighted by atomic mass is 10.1. The van der Waals surface area contributed by atoms with Gasteiger partial charge in [0.15, 0.2) is 0 Å². The summed E-state index contributed by atoms with van der Waals surface area (Å²) in [5, 5.41) is 9.52. The van der Waals surface area contributed by atoms with Gasteiger partial charge in [0.2, 0.25) is 0 Å². The maximum Gasteiger partial charge on any atom is 0.0761 e. The highest BCUT2D eigenvalue weighted by molar-refractivity contribution is 5.48. The molecule has 0 bridgehead atoms. The van der Waals surface area contributed by atoms with Crippen LogP contribution in [-0.2, 0) is 0 Å². The van der Waals surface area contributed by atoms with Crippen LogP contribution in [0.3, 0.4) is 0 Å². The van der Waals surface area contributed by atoms with E-state index in [0.29, 0.717) is 6.04 Å². The Morgan fingerprint density at radius 1 is 1.06 bits per heavy atom. The van der Waals surface area contributed by atoms with E-state index in [1.54, 1.807) is 6.92 Å². The second-order valence-electron chi connectivity index (χ2n) is 5.26. The number of unbranched alkanes of at least 4 members (excludes halogenated alkanes) is 2. The van der Waals surface area contributed by atoms with Crippen molar-refractivity contribution in [2.75, 3.05) is 11.4 Å². The Hall–Kier alpha value is -1.02. The van der Waals surface area contributed by atoms with Gasteiger partial charge in [-0.15, -0.1) is 0 Å². The summed E-state index contributed by atoms with van der Waals surface area (Å²) in [5.74, 6) is 0. The highest BCUT2D eigenvalue weighted by Gasteiger charge is 2.10. The van der Waals surface area contributed by atoms with Crippen molar-refractivity contribution in [1.82, 2.24) is 0 Å². The molecule has 0 saturated heterocycles. The van der Waals surface area contributed by atoms with Crippen molar-refractivity contribution >= 4 is 5.69 Å². The normalized spacial score (nSPS) is 12.8. The highest BCUT2D eigenvalue weighted by Crippen LogP contribution is 2.21. The van der Waals surface area contributed by atoms with Crippen LogP contribution in [0, 0.1) is 0 Å². The molecule has 18 heavy (non-hydrogen) atoms. The highest BCUT2D eigenvalue weighted by atomic mass is 16.3. The van der Waals surface area contributed by atoms with E-state index in [1.165, 1.54) is 24.9 Å². The average molecular weight is 249 g/mol. The Bertz CT molecular complexity index is 329. The van der Waals surface area contributed by atoms with E-state index in [0.717, 1.165) is 12.1 Å². The number of aliphatic hydroxyl groups excluding tert-OH is 1. The molecule has 0 spiro atoms. The fraction of sp³-hybridized carbons (Fsp3) is 0.625. The largest absolute Gasteiger partial charge is 0.389 e. The average Bonchev–Trinajstić information content (AvgIpc) is 2.34. The van der Waals surface area contributed by atoms with Gasteiger partial charge in [0.05, 0.1) is 6.10 Å². The molecule has 0 amide bonds. The molecule has 2 nitrogen and oxygen atoms in total. The zero-order valence-electron chi connectivity index (χ0n) is 12.2. The lowest BCUT2D eigenvalue weighted by Crippen LogP contribution is -2.31. The molecule has 0 aliphatic heterocycles. The van der Waals surface area contributed by atoms with Crippen LogP contribution in [-0.4, -0.2) is 17.7 Å². The third-order valence-electron chi connectivity index (χ3n) is 3.33. The molecular weight excluding hydrogens is 222 g/mol. The van der Waals surface area contributed by atoms with Crippen molar-refractivity contribution in [1.29, 1.82) is 0 Å². The quantitative estimate of drug-likeness (QED) is 0.734. The molecule has 0 heterocycles. The molecule has 0 aliphatic rings. The van der Waals surface area contributed by atoms with Gasteiger partial charge in [0, 0.05) is 18.3 Å². The lowest BCUT2D eigenvalue weighted by molar-refractivity contribution is 0.199. The van der Waals surface area contributed by atoms with Crippen molar-refractivity contribution in [3.63, 3.8) is 0 Å². The summed E-state index contributed by atoms with van der Waals surface area (Å²) in [6, 6.07) is 8.80. The van der Waals surface area contributed by atoms with Crippen LogP contribution >= 0.6 is 0 Å². The van der Waals surface area contributed by atoms with Crippen molar-refractivity contribution < 1.29 is 5.11 Å². The summed E-state index contributed by atoms with van der Waals surface area (Å²) in [7, 11) is 0. The summed E-state index contributed by atoms with van der Waals surface area (Å²) in [6.07, 6.45) is 3.40. The molecule has 0 unspecified atom stereocenters. The molecule has 1 atom stereocenters. The second-order valence-corrected chi connectivity index (χ2v) is 5.26. The number of hydrogen-bond acceptors (Lipinski definition) is 2. The minimum Gasteiger partial charge on any atom is -0.389 e. The van der Waals surface area contributed by atoms with Crippen LogP contribution < -0.4 is 4.90 Å². The van der Waals surface area contributed by atoms with Crippen LogP contribution in [0.1, 0.15) is 58.6 Å². The van der Waals surface area contributed by atoms with Gasteiger partial charge in [-0.2, -0.15) is 0 Å². The number of nitrogens with zero attached hydrogens (tertiary/aromatic N) is 1. The van der Waals surface area contributed by atoms with E-state index in [4.69, 9.17) is 0 Å². The topological polar surface area (TPSA) is 23.5 Å². The predicted octanol–water partition coefficient (Wildman–Crippen LogP) is 4.14. The Kier molecular flexibility index (Phi) is 6.20. The van der Waals surface area contributed by atoms with Crippen molar-refractivity contribution in [3.8, 4) is 0 Å². The van der Waals surface area contributed by atoms with Crippen molar-refractivity contribution in [2.45, 2.75) is 59.1 Å². The molecule has 0 radical (unpaired) electrons. The molecule has 1 aromatic carbocycles. The molecule has 2 heteroatoms. The number of anilines is 1. The minimum absolute atomic E-state index is 0.383. The first-order valence-corrected chi connectivity index (χ1v) is 7.11. The minimum atomic E-state index is -0.383. The van der Waals surface area contributed by atoms with Gasteiger partial charge >= 0.3 is 0 Å². The molecule has 0 fully saturated rings. The van der Waals surface area contributed by atoms with Crippen molar-refractivity contribution in [2.24, 2.45) is 0 Å². The molecule has 1 N–H and O–H groups in total. The molecule has 0 aliphatic carbocycles. The monoisotopic (exact) mass is 249 g/mol. The molecule has 1 aromatic rings. The molecular formula is C16H27NO. The first-order valence-electron chi connectivity index (χ1n) is 7.11. The zero-order chi connectivity index (χ0) is 13.5. The molecule has 1 rings (SSSR count). The van der Waals surface area contributed by atoms with E-state index in [9.17, 15) is 5.11 Å². The SMILES string of the molecule is CCCCCN(c1ccc([C@@H](C)O)cc1)C(C)C. The van der Waals surface area contributed by atoms with Gasteiger partial charge in [-0.1, -0.05) is 31.9 Å². The summed E-state index contributed by atoms with van der Waals surface area (Å²) in [6.45, 7) is 9.61. The summed E-state index contributed by atoms with van der Waals surface area (Å²) in [5.41, 5.74) is 2.24. The van der Waals surface area contributed by atoms with Gasteiger partial charge in [-0.05, 0) is 44.9 Å². The van der Waals surface area contributed by atoms with Crippen LogP contribution in [0.15, 0.2) is 24.3 Å². The Morgan fingerprint density at radius 2 is 1.67 bits per heavy atom. The molecule has 102 valence electrons. The van der Waals surface area contributed by atoms with E-state index in [2.05, 4.69) is 37.8 Å². The van der Waals surface area contributed by atoms with Crippen LogP contribution in [0.2, 0.25) is 0 Å². The number of rotatable bonds is 7. The Labute approximate surface area is 112 Å². The van der Waals surface area contributed by atoms with Gasteiger partial charge in [-0.3, -0.25) is 0 Å². The lowest BCUT2D eigenvalue weighted by Gasteiger charge is -2.29. The Morgan fingerprint density at radius 3 is 2.11 bits per heavy atom. The first-order chi connectivity index (χ1) is 8.56. The predicted molar refractivity (Wildman–Crippen MR) is 79.1 cm³/mol. The van der Waals surface area contributed by atoms with Crippen LogP contribution in [0.5, 0.6) is 0 Å². The number of aliphatic hydroxyl groups is 1. The standard InChI is InChI=1S/C16H27NO/c1-5-6-7-12-17(13(2)3)16-10-8-15(9-11-16)14(4)18/h8-11,13-14,18H,5-7,12H2,1-4H3/t14-/m1/s1. The second kappa shape index (κ2) is 7.42. The van der Waals surface area contributed by atoms with E-state index >= 15 is 0 Å². The Balaban J connectivity index is 2.72. The van der Waals surface area contributed by atoms with E-state index in [1.807, 2.05) is 12.1 Å². The number of hydrogen-bond donors (Lipinski definition) is 1. The smallest absolute Gasteiger partial charge is 0.0761 e.